The second-order valence-electron chi connectivity index (χ2n) is 3.31. The Labute approximate surface area is 116 Å². The van der Waals surface area contributed by atoms with Crippen LogP contribution in [0.3, 0.4) is 0 Å². The summed E-state index contributed by atoms with van der Waals surface area (Å²) in [6.45, 7) is 0. The molecule has 0 saturated carbocycles. The zero-order valence-corrected chi connectivity index (χ0v) is 12.5. The van der Waals surface area contributed by atoms with Gasteiger partial charge in [0.1, 0.15) is 0 Å². The number of methoxy groups -OCH3 is 2. The number of hydrogen-bond acceptors (Lipinski definition) is 4. The molecule has 1 aromatic heterocycles. The zero-order chi connectivity index (χ0) is 12.4. The Morgan fingerprint density at radius 3 is 2.35 bits per heavy atom. The molecule has 0 unspecified atom stereocenters. The van der Waals surface area contributed by atoms with Gasteiger partial charge in [-0.15, -0.1) is 0 Å². The molecule has 1 aromatic carbocycles. The van der Waals surface area contributed by atoms with E-state index in [1.807, 2.05) is 12.1 Å². The van der Waals surface area contributed by atoms with Crippen LogP contribution in [0, 0.1) is 0 Å². The van der Waals surface area contributed by atoms with Gasteiger partial charge in [0.05, 0.1) is 25.3 Å². The Morgan fingerprint density at radius 2 is 1.76 bits per heavy atom. The third-order valence-electron chi connectivity index (χ3n) is 2.28. The highest BCUT2D eigenvalue weighted by molar-refractivity contribution is 9.10. The van der Waals surface area contributed by atoms with Crippen LogP contribution < -0.4 is 9.47 Å². The maximum Gasteiger partial charge on any atom is 0.278 e. The van der Waals surface area contributed by atoms with Crippen LogP contribution in [0.2, 0.25) is 0 Å². The summed E-state index contributed by atoms with van der Waals surface area (Å²) in [4.78, 5) is 8.79. The fraction of sp³-hybridized carbons (Fsp3) is 0.273. The van der Waals surface area contributed by atoms with Gasteiger partial charge in [0, 0.05) is 9.80 Å². The van der Waals surface area contributed by atoms with Crippen LogP contribution in [0.15, 0.2) is 16.6 Å². The Bertz CT molecular complexity index is 561. The summed E-state index contributed by atoms with van der Waals surface area (Å²) < 4.78 is 11.2. The Balaban J connectivity index is 2.77. The molecule has 0 saturated heterocycles. The predicted molar refractivity (Wildman–Crippen MR) is 73.0 cm³/mol. The number of nitrogens with zero attached hydrogens (tertiary/aromatic N) is 2. The van der Waals surface area contributed by atoms with Gasteiger partial charge in [-0.2, -0.15) is 0 Å². The molecule has 0 amide bonds. The van der Waals surface area contributed by atoms with Gasteiger partial charge < -0.3 is 9.47 Å². The van der Waals surface area contributed by atoms with E-state index in [-0.39, 0.29) is 0 Å². The van der Waals surface area contributed by atoms with Crippen molar-refractivity contribution in [1.82, 2.24) is 9.97 Å². The lowest BCUT2D eigenvalue weighted by Crippen LogP contribution is -1.99. The highest BCUT2D eigenvalue weighted by Gasteiger charge is 2.12. The molecule has 0 aliphatic carbocycles. The summed E-state index contributed by atoms with van der Waals surface area (Å²) >= 11 is 6.88. The smallest absolute Gasteiger partial charge is 0.278 e. The largest absolute Gasteiger partial charge is 0.477 e. The van der Waals surface area contributed by atoms with Crippen molar-refractivity contribution >= 4 is 42.9 Å². The molecule has 17 heavy (non-hydrogen) atoms. The van der Waals surface area contributed by atoms with E-state index < -0.39 is 0 Å². The molecule has 1 heterocycles. The predicted octanol–water partition coefficient (Wildman–Crippen LogP) is 3.30. The Hall–Kier alpha value is -0.880. The van der Waals surface area contributed by atoms with Crippen molar-refractivity contribution < 1.29 is 9.47 Å². The summed E-state index contributed by atoms with van der Waals surface area (Å²) in [5.74, 6) is 0.781. The second kappa shape index (κ2) is 5.18. The minimum atomic E-state index is 0.388. The van der Waals surface area contributed by atoms with E-state index in [2.05, 4.69) is 41.8 Å². The summed E-state index contributed by atoms with van der Waals surface area (Å²) in [6, 6.07) is 3.90. The third kappa shape index (κ3) is 2.37. The SMILES string of the molecule is COc1nc2cc(Br)cc(CBr)c2nc1OC. The summed E-state index contributed by atoms with van der Waals surface area (Å²) in [6.07, 6.45) is 0. The van der Waals surface area contributed by atoms with E-state index in [0.717, 1.165) is 21.1 Å². The molecule has 0 spiro atoms. The van der Waals surface area contributed by atoms with Crippen LogP contribution >= 0.6 is 31.9 Å². The highest BCUT2D eigenvalue weighted by atomic mass is 79.9. The minimum Gasteiger partial charge on any atom is -0.477 e. The van der Waals surface area contributed by atoms with Crippen LogP contribution in [-0.2, 0) is 5.33 Å². The van der Waals surface area contributed by atoms with Crippen molar-refractivity contribution in [2.24, 2.45) is 0 Å². The molecular weight excluding hydrogens is 352 g/mol. The van der Waals surface area contributed by atoms with Gasteiger partial charge in [-0.25, -0.2) is 9.97 Å². The first-order chi connectivity index (χ1) is 8.19. The van der Waals surface area contributed by atoms with E-state index in [0.29, 0.717) is 17.1 Å². The lowest BCUT2D eigenvalue weighted by atomic mass is 10.2. The quantitative estimate of drug-likeness (QED) is 0.787. The van der Waals surface area contributed by atoms with Gasteiger partial charge in [0.25, 0.3) is 11.8 Å². The molecule has 0 aliphatic heterocycles. The maximum absolute atomic E-state index is 5.15. The lowest BCUT2D eigenvalue weighted by Gasteiger charge is -2.09. The van der Waals surface area contributed by atoms with Crippen molar-refractivity contribution in [3.63, 3.8) is 0 Å². The minimum absolute atomic E-state index is 0.388. The van der Waals surface area contributed by atoms with Crippen LogP contribution in [0.25, 0.3) is 11.0 Å². The fourth-order valence-electron chi connectivity index (χ4n) is 1.53. The average molecular weight is 362 g/mol. The van der Waals surface area contributed by atoms with Gasteiger partial charge in [0.2, 0.25) is 0 Å². The van der Waals surface area contributed by atoms with Gasteiger partial charge >= 0.3 is 0 Å². The number of aromatic nitrogens is 2. The van der Waals surface area contributed by atoms with Gasteiger partial charge in [-0.1, -0.05) is 31.9 Å². The van der Waals surface area contributed by atoms with E-state index in [9.17, 15) is 0 Å². The number of alkyl halides is 1. The molecule has 2 rings (SSSR count). The van der Waals surface area contributed by atoms with E-state index in [1.54, 1.807) is 14.2 Å². The monoisotopic (exact) mass is 360 g/mol. The van der Waals surface area contributed by atoms with Crippen LogP contribution in [0.4, 0.5) is 0 Å². The van der Waals surface area contributed by atoms with Crippen LogP contribution in [0.5, 0.6) is 11.8 Å². The molecule has 0 atom stereocenters. The first-order valence-electron chi connectivity index (χ1n) is 4.83. The Morgan fingerprint density at radius 1 is 1.12 bits per heavy atom. The fourth-order valence-corrected chi connectivity index (χ4v) is 2.45. The summed E-state index contributed by atoms with van der Waals surface area (Å²) in [5, 5.41) is 0.701. The molecule has 0 aliphatic rings. The van der Waals surface area contributed by atoms with Gasteiger partial charge in [-0.3, -0.25) is 0 Å². The lowest BCUT2D eigenvalue weighted by molar-refractivity contribution is 0.334. The second-order valence-corrected chi connectivity index (χ2v) is 4.78. The normalized spacial score (nSPS) is 10.6. The number of benzene rings is 1. The van der Waals surface area contributed by atoms with Crippen LogP contribution in [-0.4, -0.2) is 24.2 Å². The molecule has 6 heteroatoms. The van der Waals surface area contributed by atoms with Crippen molar-refractivity contribution in [3.05, 3.63) is 22.2 Å². The first-order valence-corrected chi connectivity index (χ1v) is 6.75. The van der Waals surface area contributed by atoms with E-state index in [4.69, 9.17) is 9.47 Å². The topological polar surface area (TPSA) is 44.2 Å². The maximum atomic E-state index is 5.15. The highest BCUT2D eigenvalue weighted by Crippen LogP contribution is 2.29. The van der Waals surface area contributed by atoms with Crippen molar-refractivity contribution in [3.8, 4) is 11.8 Å². The first kappa shape index (κ1) is 12.6. The molecule has 2 aromatic rings. The number of hydrogen-bond donors (Lipinski definition) is 0. The summed E-state index contributed by atoms with van der Waals surface area (Å²) in [7, 11) is 3.09. The van der Waals surface area contributed by atoms with Crippen molar-refractivity contribution in [2.45, 2.75) is 5.33 Å². The Kier molecular flexibility index (Phi) is 3.83. The average Bonchev–Trinajstić information content (AvgIpc) is 2.35. The van der Waals surface area contributed by atoms with E-state index >= 15 is 0 Å². The third-order valence-corrected chi connectivity index (χ3v) is 3.34. The molecular formula is C11H10Br2N2O2. The van der Waals surface area contributed by atoms with Gasteiger partial charge in [0.15, 0.2) is 0 Å². The standard InChI is InChI=1S/C11H10Br2N2O2/c1-16-10-11(17-2)15-9-6(5-12)3-7(13)4-8(9)14-10/h3-4H,5H2,1-2H3. The molecule has 90 valence electrons. The summed E-state index contributed by atoms with van der Waals surface area (Å²) in [5.41, 5.74) is 2.62. The molecule has 4 nitrogen and oxygen atoms in total. The zero-order valence-electron chi connectivity index (χ0n) is 9.33. The molecule has 0 fully saturated rings. The van der Waals surface area contributed by atoms with Crippen molar-refractivity contribution in [1.29, 1.82) is 0 Å². The van der Waals surface area contributed by atoms with Crippen molar-refractivity contribution in [2.75, 3.05) is 14.2 Å². The number of halogens is 2. The molecule has 0 bridgehead atoms. The molecule has 0 N–H and O–H groups in total. The number of ether oxygens (including phenoxy) is 2. The molecule has 0 radical (unpaired) electrons. The van der Waals surface area contributed by atoms with E-state index in [1.165, 1.54) is 0 Å². The number of fused-ring (bicyclic) bond motifs is 1. The van der Waals surface area contributed by atoms with Gasteiger partial charge in [-0.05, 0) is 17.7 Å². The number of rotatable bonds is 3. The van der Waals surface area contributed by atoms with Crippen LogP contribution in [0.1, 0.15) is 5.56 Å².